The molecule has 0 amide bonds. The van der Waals surface area contributed by atoms with Gasteiger partial charge in [0, 0.05) is 19.3 Å². The van der Waals surface area contributed by atoms with Crippen LogP contribution in [0.5, 0.6) is 0 Å². The predicted octanol–water partition coefficient (Wildman–Crippen LogP) is 7.37. The summed E-state index contributed by atoms with van der Waals surface area (Å²) in [6.45, 7) is 1.21. The van der Waals surface area contributed by atoms with Gasteiger partial charge in [0.25, 0.3) is 0 Å². The van der Waals surface area contributed by atoms with Gasteiger partial charge in [-0.25, -0.2) is 8.42 Å². The molecule has 0 bridgehead atoms. The normalized spacial score (nSPS) is 14.0. The van der Waals surface area contributed by atoms with Crippen LogP contribution < -0.4 is 0 Å². The Morgan fingerprint density at radius 1 is 0.684 bits per heavy atom. The van der Waals surface area contributed by atoms with E-state index < -0.39 is 9.84 Å². The Morgan fingerprint density at radius 2 is 1.26 bits per heavy atom. The lowest BCUT2D eigenvalue weighted by molar-refractivity contribution is 0.203. The predicted molar refractivity (Wildman–Crippen MR) is 157 cm³/mol. The number of benzene rings is 5. The summed E-state index contributed by atoms with van der Waals surface area (Å²) in [5, 5.41) is 2.32. The second-order valence-electron chi connectivity index (χ2n) is 9.94. The first-order chi connectivity index (χ1) is 18.5. The molecule has 3 nitrogen and oxygen atoms in total. The van der Waals surface area contributed by atoms with Crippen LogP contribution in [0.2, 0.25) is 0 Å². The van der Waals surface area contributed by atoms with Gasteiger partial charge in [0.2, 0.25) is 0 Å². The van der Waals surface area contributed by atoms with E-state index in [1.54, 1.807) is 0 Å². The highest BCUT2D eigenvalue weighted by Gasteiger charge is 2.34. The van der Waals surface area contributed by atoms with Gasteiger partial charge in [-0.2, -0.15) is 0 Å². The largest absolute Gasteiger partial charge is 0.284 e. The van der Waals surface area contributed by atoms with E-state index in [0.29, 0.717) is 18.0 Å². The quantitative estimate of drug-likeness (QED) is 0.237. The van der Waals surface area contributed by atoms with Gasteiger partial charge in [-0.3, -0.25) is 4.90 Å². The maximum absolute atomic E-state index is 13.2. The van der Waals surface area contributed by atoms with Crippen LogP contribution in [0, 0.1) is 0 Å². The summed E-state index contributed by atoms with van der Waals surface area (Å²) in [5.41, 5.74) is 6.24. The number of hydrogen-bond donors (Lipinski definition) is 0. The SMILES string of the molecule is CS(=O)(=O)C(=C1CN(C(c2ccccc2)c2ccccc2)C1)c1cccc(-c2cccc3ccccc23)c1. The first-order valence-electron chi connectivity index (χ1n) is 12.8. The Hall–Kier alpha value is -3.99. The van der Waals surface area contributed by atoms with Crippen molar-refractivity contribution in [2.24, 2.45) is 0 Å². The third-order valence-electron chi connectivity index (χ3n) is 7.30. The van der Waals surface area contributed by atoms with Crippen LogP contribution in [-0.2, 0) is 9.84 Å². The molecule has 0 spiro atoms. The smallest absolute Gasteiger partial charge is 0.176 e. The molecule has 0 aliphatic carbocycles. The van der Waals surface area contributed by atoms with Gasteiger partial charge in [0.05, 0.1) is 10.9 Å². The Balaban J connectivity index is 1.39. The molecule has 1 fully saturated rings. The third-order valence-corrected chi connectivity index (χ3v) is 8.57. The topological polar surface area (TPSA) is 37.4 Å². The number of hydrogen-bond acceptors (Lipinski definition) is 3. The van der Waals surface area contributed by atoms with E-state index >= 15 is 0 Å². The Morgan fingerprint density at radius 3 is 1.92 bits per heavy atom. The highest BCUT2D eigenvalue weighted by Crippen LogP contribution is 2.39. The van der Waals surface area contributed by atoms with Gasteiger partial charge in [0.15, 0.2) is 9.84 Å². The van der Waals surface area contributed by atoms with E-state index in [1.807, 2.05) is 42.5 Å². The number of rotatable bonds is 6. The molecule has 0 N–H and O–H groups in total. The van der Waals surface area contributed by atoms with E-state index in [0.717, 1.165) is 27.6 Å². The minimum atomic E-state index is -3.44. The van der Waals surface area contributed by atoms with E-state index in [9.17, 15) is 8.42 Å². The van der Waals surface area contributed by atoms with Gasteiger partial charge < -0.3 is 0 Å². The number of nitrogens with zero attached hydrogens (tertiary/aromatic N) is 1. The number of sulfone groups is 1. The number of likely N-dealkylation sites (tertiary alicyclic amines) is 1. The molecule has 5 aromatic rings. The fourth-order valence-corrected chi connectivity index (χ4v) is 6.85. The molecule has 38 heavy (non-hydrogen) atoms. The van der Waals surface area contributed by atoms with Gasteiger partial charge in [0.1, 0.15) is 0 Å². The van der Waals surface area contributed by atoms with Crippen molar-refractivity contribution in [2.45, 2.75) is 6.04 Å². The van der Waals surface area contributed by atoms with Crippen molar-refractivity contribution in [3.8, 4) is 11.1 Å². The maximum Gasteiger partial charge on any atom is 0.176 e. The van der Waals surface area contributed by atoms with Crippen LogP contribution in [0.4, 0.5) is 0 Å². The van der Waals surface area contributed by atoms with Crippen LogP contribution in [-0.4, -0.2) is 32.7 Å². The van der Waals surface area contributed by atoms with Gasteiger partial charge >= 0.3 is 0 Å². The van der Waals surface area contributed by atoms with Crippen molar-refractivity contribution < 1.29 is 8.42 Å². The molecule has 188 valence electrons. The fourth-order valence-electron chi connectivity index (χ4n) is 5.64. The molecule has 1 aliphatic rings. The molecule has 0 radical (unpaired) electrons. The zero-order valence-corrected chi connectivity index (χ0v) is 22.1. The summed E-state index contributed by atoms with van der Waals surface area (Å²) < 4.78 is 26.3. The van der Waals surface area contributed by atoms with Crippen molar-refractivity contribution in [2.75, 3.05) is 19.3 Å². The van der Waals surface area contributed by atoms with Crippen molar-refractivity contribution >= 4 is 25.5 Å². The van der Waals surface area contributed by atoms with Crippen molar-refractivity contribution in [1.82, 2.24) is 4.90 Å². The molecule has 5 aromatic carbocycles. The van der Waals surface area contributed by atoms with E-state index in [-0.39, 0.29) is 6.04 Å². The fraction of sp³-hybridized carbons (Fsp3) is 0.118. The molecule has 4 heteroatoms. The molecule has 0 atom stereocenters. The molecule has 0 unspecified atom stereocenters. The zero-order valence-electron chi connectivity index (χ0n) is 21.3. The van der Waals surface area contributed by atoms with E-state index in [1.165, 1.54) is 22.8 Å². The van der Waals surface area contributed by atoms with E-state index in [4.69, 9.17) is 0 Å². The van der Waals surface area contributed by atoms with Crippen LogP contribution in [0.3, 0.4) is 0 Å². The third kappa shape index (κ3) is 4.69. The summed E-state index contributed by atoms with van der Waals surface area (Å²) in [7, 11) is -3.44. The molecule has 0 aromatic heterocycles. The van der Waals surface area contributed by atoms with Gasteiger partial charge in [-0.05, 0) is 50.2 Å². The van der Waals surface area contributed by atoms with Crippen molar-refractivity contribution in [3.05, 3.63) is 150 Å². The Kier molecular flexibility index (Phi) is 6.44. The average Bonchev–Trinajstić information content (AvgIpc) is 2.92. The second-order valence-corrected chi connectivity index (χ2v) is 11.9. The highest BCUT2D eigenvalue weighted by atomic mass is 32.2. The monoisotopic (exact) mass is 515 g/mol. The molecular formula is C34H29NO2S. The van der Waals surface area contributed by atoms with E-state index in [2.05, 4.69) is 89.8 Å². The summed E-state index contributed by atoms with van der Waals surface area (Å²) in [5.74, 6) is 0. The lowest BCUT2D eigenvalue weighted by atomic mass is 9.91. The van der Waals surface area contributed by atoms with Crippen molar-refractivity contribution in [1.29, 1.82) is 0 Å². The molecule has 1 saturated heterocycles. The van der Waals surface area contributed by atoms with Crippen LogP contribution in [0.1, 0.15) is 22.7 Å². The zero-order chi connectivity index (χ0) is 26.1. The lowest BCUT2D eigenvalue weighted by Gasteiger charge is -2.42. The highest BCUT2D eigenvalue weighted by molar-refractivity contribution is 8.00. The molecule has 0 saturated carbocycles. The second kappa shape index (κ2) is 10.1. The average molecular weight is 516 g/mol. The maximum atomic E-state index is 13.2. The standard InChI is InChI=1S/C34H29NO2S/c1-38(36,37)34(29-19-10-18-28(22-29)32-21-11-17-25-12-8-9-20-31(25)32)30-23-35(24-30)33(26-13-4-2-5-14-26)27-15-6-3-7-16-27/h2-22,33H,23-24H2,1H3. The Labute approximate surface area is 224 Å². The first kappa shape index (κ1) is 24.4. The Bertz CT molecular complexity index is 1690. The van der Waals surface area contributed by atoms with Gasteiger partial charge in [-0.1, -0.05) is 121 Å². The van der Waals surface area contributed by atoms with Gasteiger partial charge in [-0.15, -0.1) is 0 Å². The minimum Gasteiger partial charge on any atom is -0.284 e. The molecule has 1 aliphatic heterocycles. The summed E-state index contributed by atoms with van der Waals surface area (Å²) >= 11 is 0. The molecular weight excluding hydrogens is 486 g/mol. The number of fused-ring (bicyclic) bond motifs is 1. The van der Waals surface area contributed by atoms with Crippen LogP contribution >= 0.6 is 0 Å². The minimum absolute atomic E-state index is 0.0731. The molecule has 1 heterocycles. The lowest BCUT2D eigenvalue weighted by Crippen LogP contribution is -2.44. The summed E-state index contributed by atoms with van der Waals surface area (Å²) in [6, 6.07) is 43.5. The summed E-state index contributed by atoms with van der Waals surface area (Å²) in [4.78, 5) is 2.80. The van der Waals surface area contributed by atoms with Crippen LogP contribution in [0.15, 0.2) is 133 Å². The van der Waals surface area contributed by atoms with Crippen LogP contribution in [0.25, 0.3) is 26.8 Å². The summed E-state index contributed by atoms with van der Waals surface area (Å²) in [6.07, 6.45) is 1.33. The molecule has 6 rings (SSSR count). The van der Waals surface area contributed by atoms with Crippen molar-refractivity contribution in [3.63, 3.8) is 0 Å². The first-order valence-corrected chi connectivity index (χ1v) is 14.7.